The van der Waals surface area contributed by atoms with Gasteiger partial charge in [0.1, 0.15) is 5.75 Å². The maximum Gasteiger partial charge on any atom is 0.308 e. The molecule has 0 unspecified atom stereocenters. The Balaban J connectivity index is 1.15. The first-order valence-electron chi connectivity index (χ1n) is 10.8. The van der Waals surface area contributed by atoms with Gasteiger partial charge in [-0.1, -0.05) is 0 Å². The molecule has 0 aromatic heterocycles. The minimum absolute atomic E-state index is 0.0634. The van der Waals surface area contributed by atoms with Crippen LogP contribution in [-0.2, 0) is 19.1 Å². The highest BCUT2D eigenvalue weighted by atomic mass is 16.5. The molecule has 1 aromatic rings. The molecular weight excluding hydrogens is 384 g/mol. The summed E-state index contributed by atoms with van der Waals surface area (Å²) in [7, 11) is 1.57. The van der Waals surface area contributed by atoms with Gasteiger partial charge in [-0.25, -0.2) is 0 Å². The maximum atomic E-state index is 12.9. The van der Waals surface area contributed by atoms with E-state index in [1.807, 2.05) is 0 Å². The summed E-state index contributed by atoms with van der Waals surface area (Å²) in [6.45, 7) is -0.104. The number of anilines is 1. The minimum atomic E-state index is -0.495. The van der Waals surface area contributed by atoms with Gasteiger partial charge in [-0.05, 0) is 80.5 Å². The van der Waals surface area contributed by atoms with Crippen molar-refractivity contribution in [2.75, 3.05) is 25.6 Å². The van der Waals surface area contributed by atoms with E-state index in [4.69, 9.17) is 9.47 Å². The van der Waals surface area contributed by atoms with Crippen LogP contribution >= 0.6 is 0 Å². The van der Waals surface area contributed by atoms with Gasteiger partial charge in [0.05, 0.1) is 13.5 Å². The summed E-state index contributed by atoms with van der Waals surface area (Å²) in [5.74, 6) is 2.00. The summed E-state index contributed by atoms with van der Waals surface area (Å²) in [5.41, 5.74) is 0.386. The van der Waals surface area contributed by atoms with Crippen LogP contribution in [-0.4, -0.2) is 38.0 Å². The molecule has 1 aromatic carbocycles. The molecule has 4 fully saturated rings. The molecule has 4 bridgehead atoms. The lowest BCUT2D eigenvalue weighted by atomic mass is 9.49. The van der Waals surface area contributed by atoms with Gasteiger partial charge in [0.15, 0.2) is 6.61 Å². The highest BCUT2D eigenvalue weighted by Crippen LogP contribution is 2.60. The van der Waals surface area contributed by atoms with Gasteiger partial charge in [0.2, 0.25) is 5.91 Å². The Morgan fingerprint density at radius 1 is 1.00 bits per heavy atom. The number of carbonyl (C=O) groups is 3. The van der Waals surface area contributed by atoms with E-state index in [0.29, 0.717) is 29.2 Å². The van der Waals surface area contributed by atoms with Crippen LogP contribution in [0.4, 0.5) is 5.69 Å². The van der Waals surface area contributed by atoms with Crippen molar-refractivity contribution in [3.63, 3.8) is 0 Å². The van der Waals surface area contributed by atoms with Gasteiger partial charge in [-0.15, -0.1) is 0 Å². The van der Waals surface area contributed by atoms with Crippen molar-refractivity contribution in [3.8, 4) is 5.75 Å². The van der Waals surface area contributed by atoms with Crippen molar-refractivity contribution in [1.29, 1.82) is 0 Å². The van der Waals surface area contributed by atoms with Crippen LogP contribution in [0.5, 0.6) is 5.75 Å². The first kappa shape index (κ1) is 20.7. The van der Waals surface area contributed by atoms with Gasteiger partial charge in [-0.2, -0.15) is 0 Å². The Morgan fingerprint density at radius 2 is 1.60 bits per heavy atom. The third kappa shape index (κ3) is 4.60. The van der Waals surface area contributed by atoms with E-state index in [1.54, 1.807) is 31.4 Å². The van der Waals surface area contributed by atoms with Gasteiger partial charge in [0, 0.05) is 17.6 Å². The molecule has 0 heterocycles. The molecule has 4 aliphatic rings. The molecule has 0 aliphatic heterocycles. The Morgan fingerprint density at radius 3 is 2.17 bits per heavy atom. The highest BCUT2D eigenvalue weighted by molar-refractivity contribution is 5.92. The molecule has 4 aliphatic carbocycles. The predicted octanol–water partition coefficient (Wildman–Crippen LogP) is 2.90. The van der Waals surface area contributed by atoms with Crippen molar-refractivity contribution in [1.82, 2.24) is 5.32 Å². The van der Waals surface area contributed by atoms with E-state index in [-0.39, 0.29) is 30.9 Å². The summed E-state index contributed by atoms with van der Waals surface area (Å²) >= 11 is 0. The Kier molecular flexibility index (Phi) is 5.97. The van der Waals surface area contributed by atoms with E-state index in [0.717, 1.165) is 19.3 Å². The van der Waals surface area contributed by atoms with Crippen LogP contribution in [0.15, 0.2) is 24.3 Å². The monoisotopic (exact) mass is 414 g/mol. The SMILES string of the molecule is COc1ccc(NC(=O)COC(=O)CCNC(=O)C23CC4CC(CC(C4)C2)C3)cc1. The zero-order chi connectivity index (χ0) is 21.1. The van der Waals surface area contributed by atoms with Crippen molar-refractivity contribution < 1.29 is 23.9 Å². The number of esters is 1. The van der Waals surface area contributed by atoms with Crippen molar-refractivity contribution in [3.05, 3.63) is 24.3 Å². The van der Waals surface area contributed by atoms with Gasteiger partial charge >= 0.3 is 5.97 Å². The summed E-state index contributed by atoms with van der Waals surface area (Å²) in [6, 6.07) is 6.87. The molecule has 30 heavy (non-hydrogen) atoms. The number of ether oxygens (including phenoxy) is 2. The summed E-state index contributed by atoms with van der Waals surface area (Å²) < 4.78 is 10.1. The fraction of sp³-hybridized carbons (Fsp3) is 0.609. The normalized spacial score (nSPS) is 28.6. The van der Waals surface area contributed by atoms with Crippen LogP contribution in [0, 0.1) is 23.2 Å². The van der Waals surface area contributed by atoms with Crippen molar-refractivity contribution in [2.24, 2.45) is 23.2 Å². The second kappa shape index (κ2) is 8.66. The van der Waals surface area contributed by atoms with Crippen LogP contribution < -0.4 is 15.4 Å². The quantitative estimate of drug-likeness (QED) is 0.638. The van der Waals surface area contributed by atoms with Crippen LogP contribution in [0.25, 0.3) is 0 Å². The fourth-order valence-corrected chi connectivity index (χ4v) is 5.94. The first-order valence-corrected chi connectivity index (χ1v) is 10.8. The third-order valence-corrected chi connectivity index (χ3v) is 6.87. The molecule has 4 saturated carbocycles. The van der Waals surface area contributed by atoms with Gasteiger partial charge < -0.3 is 20.1 Å². The standard InChI is InChI=1S/C23H30N2O5/c1-29-19-4-2-18(3-5-19)25-20(26)14-30-21(27)6-7-24-22(28)23-11-15-8-16(12-23)10-17(9-15)13-23/h2-5,15-17H,6-14H2,1H3,(H,24,28)(H,25,26). The Bertz CT molecular complexity index is 769. The van der Waals surface area contributed by atoms with Crippen LogP contribution in [0.1, 0.15) is 44.9 Å². The molecular formula is C23H30N2O5. The number of amides is 2. The molecule has 5 rings (SSSR count). The number of benzene rings is 1. The summed E-state index contributed by atoms with van der Waals surface area (Å²) in [6.07, 6.45) is 6.93. The molecule has 0 saturated heterocycles. The lowest BCUT2D eigenvalue weighted by molar-refractivity contribution is -0.148. The van der Waals surface area contributed by atoms with Crippen molar-refractivity contribution in [2.45, 2.75) is 44.9 Å². The third-order valence-electron chi connectivity index (χ3n) is 6.87. The van der Waals surface area contributed by atoms with Crippen LogP contribution in [0.3, 0.4) is 0 Å². The largest absolute Gasteiger partial charge is 0.497 e. The van der Waals surface area contributed by atoms with E-state index in [2.05, 4.69) is 10.6 Å². The van der Waals surface area contributed by atoms with E-state index in [1.165, 1.54) is 19.3 Å². The number of rotatable bonds is 8. The second-order valence-corrected chi connectivity index (χ2v) is 9.14. The molecule has 7 nitrogen and oxygen atoms in total. The van der Waals surface area contributed by atoms with Gasteiger partial charge in [0.25, 0.3) is 5.91 Å². The first-order chi connectivity index (χ1) is 14.5. The lowest BCUT2D eigenvalue weighted by Crippen LogP contribution is -2.53. The Labute approximate surface area is 176 Å². The Hall–Kier alpha value is -2.57. The van der Waals surface area contributed by atoms with E-state index >= 15 is 0 Å². The summed E-state index contributed by atoms with van der Waals surface area (Å²) in [4.78, 5) is 36.7. The average Bonchev–Trinajstić information content (AvgIpc) is 2.72. The topological polar surface area (TPSA) is 93.7 Å². The molecule has 0 atom stereocenters. The maximum absolute atomic E-state index is 12.9. The van der Waals surface area contributed by atoms with Gasteiger partial charge in [-0.3, -0.25) is 14.4 Å². The lowest BCUT2D eigenvalue weighted by Gasteiger charge is -2.55. The van der Waals surface area contributed by atoms with E-state index < -0.39 is 11.9 Å². The van der Waals surface area contributed by atoms with Crippen molar-refractivity contribution >= 4 is 23.5 Å². The predicted molar refractivity (Wildman–Crippen MR) is 111 cm³/mol. The average molecular weight is 415 g/mol. The molecule has 162 valence electrons. The van der Waals surface area contributed by atoms with E-state index in [9.17, 15) is 14.4 Å². The molecule has 0 spiro atoms. The number of carbonyl (C=O) groups excluding carboxylic acids is 3. The summed E-state index contributed by atoms with van der Waals surface area (Å²) in [5, 5.41) is 5.61. The number of hydrogen-bond donors (Lipinski definition) is 2. The fourth-order valence-electron chi connectivity index (χ4n) is 5.94. The zero-order valence-corrected chi connectivity index (χ0v) is 17.4. The molecule has 2 N–H and O–H groups in total. The smallest absolute Gasteiger partial charge is 0.308 e. The number of methoxy groups -OCH3 is 1. The number of nitrogens with one attached hydrogen (secondary N) is 2. The van der Waals surface area contributed by atoms with Crippen LogP contribution in [0.2, 0.25) is 0 Å². The zero-order valence-electron chi connectivity index (χ0n) is 17.4. The second-order valence-electron chi connectivity index (χ2n) is 9.14. The highest BCUT2D eigenvalue weighted by Gasteiger charge is 2.54. The molecule has 0 radical (unpaired) electrons. The number of hydrogen-bond acceptors (Lipinski definition) is 5. The molecule has 2 amide bonds. The minimum Gasteiger partial charge on any atom is -0.497 e. The molecule has 7 heteroatoms.